The third-order valence-corrected chi connectivity index (χ3v) is 2.61. The SMILES string of the molecule is COc1ccc(CC(C)(N)C(=O)O)c(F)c1OC. The van der Waals surface area contributed by atoms with Crippen LogP contribution in [0.4, 0.5) is 4.39 Å². The fraction of sp³-hybridized carbons (Fsp3) is 0.417. The number of carboxylic acids is 1. The highest BCUT2D eigenvalue weighted by Gasteiger charge is 2.30. The molecule has 1 atom stereocenters. The molecular formula is C12H16FNO4. The van der Waals surface area contributed by atoms with Crippen LogP contribution in [0.15, 0.2) is 12.1 Å². The molecule has 5 nitrogen and oxygen atoms in total. The van der Waals surface area contributed by atoms with E-state index in [4.69, 9.17) is 20.3 Å². The number of nitrogens with two attached hydrogens (primary N) is 1. The van der Waals surface area contributed by atoms with E-state index in [0.717, 1.165) is 0 Å². The van der Waals surface area contributed by atoms with Crippen molar-refractivity contribution >= 4 is 5.97 Å². The molecule has 1 unspecified atom stereocenters. The highest BCUT2D eigenvalue weighted by atomic mass is 19.1. The van der Waals surface area contributed by atoms with Crippen LogP contribution in [0.5, 0.6) is 11.5 Å². The Morgan fingerprint density at radius 1 is 1.44 bits per heavy atom. The summed E-state index contributed by atoms with van der Waals surface area (Å²) in [6, 6.07) is 2.94. The molecule has 100 valence electrons. The van der Waals surface area contributed by atoms with E-state index in [-0.39, 0.29) is 23.5 Å². The fourth-order valence-electron chi connectivity index (χ4n) is 1.54. The van der Waals surface area contributed by atoms with E-state index in [1.54, 1.807) is 0 Å². The lowest BCUT2D eigenvalue weighted by Crippen LogP contribution is -2.47. The van der Waals surface area contributed by atoms with Crippen molar-refractivity contribution in [1.29, 1.82) is 0 Å². The Bertz CT molecular complexity index is 460. The lowest BCUT2D eigenvalue weighted by molar-refractivity contribution is -0.142. The molecule has 0 saturated carbocycles. The lowest BCUT2D eigenvalue weighted by Gasteiger charge is -2.20. The maximum Gasteiger partial charge on any atom is 0.323 e. The van der Waals surface area contributed by atoms with Gasteiger partial charge >= 0.3 is 5.97 Å². The highest BCUT2D eigenvalue weighted by molar-refractivity contribution is 5.78. The first-order valence-corrected chi connectivity index (χ1v) is 5.25. The van der Waals surface area contributed by atoms with Crippen LogP contribution in [0.2, 0.25) is 0 Å². The summed E-state index contributed by atoms with van der Waals surface area (Å²) in [6.07, 6.45) is -0.144. The van der Waals surface area contributed by atoms with E-state index in [1.807, 2.05) is 0 Å². The minimum Gasteiger partial charge on any atom is -0.493 e. The summed E-state index contributed by atoms with van der Waals surface area (Å²) < 4.78 is 23.9. The van der Waals surface area contributed by atoms with Gasteiger partial charge in [-0.15, -0.1) is 0 Å². The molecule has 0 aliphatic rings. The van der Waals surface area contributed by atoms with Gasteiger partial charge in [0.15, 0.2) is 17.3 Å². The van der Waals surface area contributed by atoms with Crippen molar-refractivity contribution < 1.29 is 23.8 Å². The quantitative estimate of drug-likeness (QED) is 0.828. The minimum atomic E-state index is -1.54. The topological polar surface area (TPSA) is 81.8 Å². The lowest BCUT2D eigenvalue weighted by atomic mass is 9.93. The van der Waals surface area contributed by atoms with Gasteiger partial charge in [0, 0.05) is 6.42 Å². The van der Waals surface area contributed by atoms with Gasteiger partial charge in [0.1, 0.15) is 5.54 Å². The Hall–Kier alpha value is -1.82. The molecule has 0 spiro atoms. The van der Waals surface area contributed by atoms with Gasteiger partial charge in [-0.3, -0.25) is 4.79 Å². The van der Waals surface area contributed by atoms with Crippen LogP contribution < -0.4 is 15.2 Å². The molecule has 0 bridgehead atoms. The molecule has 0 saturated heterocycles. The van der Waals surface area contributed by atoms with Crippen LogP contribution in [0, 0.1) is 5.82 Å². The molecule has 0 aliphatic carbocycles. The molecule has 1 aromatic carbocycles. The van der Waals surface area contributed by atoms with E-state index in [9.17, 15) is 9.18 Å². The maximum absolute atomic E-state index is 14.1. The van der Waals surface area contributed by atoms with Gasteiger partial charge < -0.3 is 20.3 Å². The summed E-state index contributed by atoms with van der Waals surface area (Å²) in [4.78, 5) is 10.9. The fourth-order valence-corrected chi connectivity index (χ4v) is 1.54. The molecule has 0 aromatic heterocycles. The molecule has 0 heterocycles. The van der Waals surface area contributed by atoms with E-state index < -0.39 is 17.3 Å². The second-order valence-corrected chi connectivity index (χ2v) is 4.17. The Labute approximate surface area is 104 Å². The number of halogens is 1. The van der Waals surface area contributed by atoms with Crippen molar-refractivity contribution in [2.75, 3.05) is 14.2 Å². The number of carbonyl (C=O) groups is 1. The summed E-state index contributed by atoms with van der Waals surface area (Å²) in [5.74, 6) is -1.67. The first-order valence-electron chi connectivity index (χ1n) is 5.25. The Balaban J connectivity index is 3.16. The van der Waals surface area contributed by atoms with Gasteiger partial charge in [0.25, 0.3) is 0 Å². The van der Waals surface area contributed by atoms with Crippen molar-refractivity contribution in [3.63, 3.8) is 0 Å². The number of carboxylic acid groups (broad SMARTS) is 1. The van der Waals surface area contributed by atoms with Crippen LogP contribution in [-0.2, 0) is 11.2 Å². The number of rotatable bonds is 5. The first kappa shape index (κ1) is 14.2. The van der Waals surface area contributed by atoms with Crippen molar-refractivity contribution in [2.45, 2.75) is 18.9 Å². The Kier molecular flexibility index (Phi) is 4.13. The predicted molar refractivity (Wildman–Crippen MR) is 63.4 cm³/mol. The van der Waals surface area contributed by atoms with Crippen LogP contribution >= 0.6 is 0 Å². The van der Waals surface area contributed by atoms with Gasteiger partial charge in [-0.25, -0.2) is 4.39 Å². The maximum atomic E-state index is 14.1. The van der Waals surface area contributed by atoms with Crippen molar-refractivity contribution in [1.82, 2.24) is 0 Å². The highest BCUT2D eigenvalue weighted by Crippen LogP contribution is 2.33. The van der Waals surface area contributed by atoms with E-state index in [0.29, 0.717) is 0 Å². The van der Waals surface area contributed by atoms with E-state index in [1.165, 1.54) is 33.3 Å². The van der Waals surface area contributed by atoms with Crippen molar-refractivity contribution in [3.05, 3.63) is 23.5 Å². The van der Waals surface area contributed by atoms with Crippen molar-refractivity contribution in [2.24, 2.45) is 5.73 Å². The van der Waals surface area contributed by atoms with Gasteiger partial charge in [0.2, 0.25) is 0 Å². The van der Waals surface area contributed by atoms with Gasteiger partial charge in [-0.05, 0) is 18.6 Å². The monoisotopic (exact) mass is 257 g/mol. The average molecular weight is 257 g/mol. The second-order valence-electron chi connectivity index (χ2n) is 4.17. The van der Waals surface area contributed by atoms with Gasteiger partial charge in [-0.1, -0.05) is 6.07 Å². The van der Waals surface area contributed by atoms with Gasteiger partial charge in [0.05, 0.1) is 14.2 Å². The number of methoxy groups -OCH3 is 2. The van der Waals surface area contributed by atoms with Crippen LogP contribution in [-0.4, -0.2) is 30.8 Å². The van der Waals surface area contributed by atoms with E-state index in [2.05, 4.69) is 0 Å². The summed E-state index contributed by atoms with van der Waals surface area (Å²) in [7, 11) is 2.70. The first-order chi connectivity index (χ1) is 8.33. The number of aliphatic carboxylic acids is 1. The number of hydrogen-bond acceptors (Lipinski definition) is 4. The standard InChI is InChI=1S/C12H16FNO4/c1-12(14,11(15)16)6-7-4-5-8(17-2)10(18-3)9(7)13/h4-5H,6,14H2,1-3H3,(H,15,16). The number of hydrogen-bond donors (Lipinski definition) is 2. The largest absolute Gasteiger partial charge is 0.493 e. The molecular weight excluding hydrogens is 241 g/mol. The molecule has 0 fully saturated rings. The zero-order valence-corrected chi connectivity index (χ0v) is 10.5. The zero-order chi connectivity index (χ0) is 13.9. The molecule has 6 heteroatoms. The summed E-state index contributed by atoms with van der Waals surface area (Å²) in [5.41, 5.74) is 4.21. The third-order valence-electron chi connectivity index (χ3n) is 2.61. The smallest absolute Gasteiger partial charge is 0.323 e. The number of ether oxygens (including phenoxy) is 2. The average Bonchev–Trinajstić information content (AvgIpc) is 2.31. The summed E-state index contributed by atoms with van der Waals surface area (Å²) in [5, 5.41) is 8.92. The molecule has 1 aromatic rings. The normalized spacial score (nSPS) is 13.8. The Morgan fingerprint density at radius 3 is 2.50 bits per heavy atom. The molecule has 3 N–H and O–H groups in total. The van der Waals surface area contributed by atoms with Crippen LogP contribution in [0.1, 0.15) is 12.5 Å². The Morgan fingerprint density at radius 2 is 2.06 bits per heavy atom. The second kappa shape index (κ2) is 5.22. The third kappa shape index (κ3) is 2.70. The number of benzene rings is 1. The summed E-state index contributed by atoms with van der Waals surface area (Å²) in [6.45, 7) is 1.32. The molecule has 0 radical (unpaired) electrons. The van der Waals surface area contributed by atoms with Crippen molar-refractivity contribution in [3.8, 4) is 11.5 Å². The molecule has 18 heavy (non-hydrogen) atoms. The predicted octanol–water partition coefficient (Wildman–Crippen LogP) is 1.19. The molecule has 1 rings (SSSR count). The summed E-state index contributed by atoms with van der Waals surface area (Å²) >= 11 is 0. The van der Waals surface area contributed by atoms with E-state index >= 15 is 0 Å². The molecule has 0 amide bonds. The minimum absolute atomic E-state index is 0.0591. The molecule has 0 aliphatic heterocycles. The zero-order valence-electron chi connectivity index (χ0n) is 10.5. The van der Waals surface area contributed by atoms with Crippen LogP contribution in [0.25, 0.3) is 0 Å². The van der Waals surface area contributed by atoms with Gasteiger partial charge in [-0.2, -0.15) is 0 Å². The van der Waals surface area contributed by atoms with Crippen LogP contribution in [0.3, 0.4) is 0 Å².